The number of benzene rings is 1. The number of anilines is 1. The molecule has 3 aromatic rings. The average Bonchev–Trinajstić information content (AvgIpc) is 3.34. The van der Waals surface area contributed by atoms with E-state index in [4.69, 9.17) is 4.42 Å². The summed E-state index contributed by atoms with van der Waals surface area (Å²) in [5, 5.41) is 2.70. The highest BCUT2D eigenvalue weighted by atomic mass is 19.3. The van der Waals surface area contributed by atoms with Crippen LogP contribution in [0.4, 0.5) is 14.5 Å². The quantitative estimate of drug-likeness (QED) is 0.698. The fourth-order valence-corrected chi connectivity index (χ4v) is 2.63. The number of alkyl halides is 2. The Hall–Kier alpha value is -3.49. The molecule has 0 bridgehead atoms. The van der Waals surface area contributed by atoms with Gasteiger partial charge in [0.15, 0.2) is 5.76 Å². The number of halogens is 2. The summed E-state index contributed by atoms with van der Waals surface area (Å²) in [4.78, 5) is 30.0. The lowest BCUT2D eigenvalue weighted by Crippen LogP contribution is -2.28. The minimum absolute atomic E-state index is 0.0734. The predicted octanol–water partition coefficient (Wildman–Crippen LogP) is 3.70. The summed E-state index contributed by atoms with van der Waals surface area (Å²) in [6.07, 6.45) is 3.81. The van der Waals surface area contributed by atoms with Crippen LogP contribution in [0.2, 0.25) is 0 Å². The van der Waals surface area contributed by atoms with Crippen LogP contribution in [-0.4, -0.2) is 33.3 Å². The minimum atomic E-state index is -2.73. The summed E-state index contributed by atoms with van der Waals surface area (Å²) in [5.74, 6) is -0.612. The van der Waals surface area contributed by atoms with Crippen LogP contribution in [0, 0.1) is 6.92 Å². The van der Waals surface area contributed by atoms with E-state index in [-0.39, 0.29) is 18.1 Å². The SMILES string of the molecule is Cc1ccc(C(=O)N(C)Cc2nccn2C(F)F)cc1NC(=O)c1ccco1. The van der Waals surface area contributed by atoms with Gasteiger partial charge in [-0.3, -0.25) is 14.2 Å². The van der Waals surface area contributed by atoms with Gasteiger partial charge in [0.1, 0.15) is 5.82 Å². The molecule has 0 aliphatic carbocycles. The number of furan rings is 1. The minimum Gasteiger partial charge on any atom is -0.459 e. The number of hydrogen-bond donors (Lipinski definition) is 1. The van der Waals surface area contributed by atoms with E-state index in [0.717, 1.165) is 11.8 Å². The zero-order valence-corrected chi connectivity index (χ0v) is 15.2. The van der Waals surface area contributed by atoms with Gasteiger partial charge in [-0.2, -0.15) is 8.78 Å². The topological polar surface area (TPSA) is 80.4 Å². The van der Waals surface area contributed by atoms with E-state index in [1.54, 1.807) is 25.1 Å². The second kappa shape index (κ2) is 8.03. The average molecular weight is 388 g/mol. The largest absolute Gasteiger partial charge is 0.459 e. The third-order valence-electron chi connectivity index (χ3n) is 4.16. The smallest absolute Gasteiger partial charge is 0.319 e. The molecule has 1 N–H and O–H groups in total. The Morgan fingerprint density at radius 3 is 2.79 bits per heavy atom. The summed E-state index contributed by atoms with van der Waals surface area (Å²) in [6.45, 7) is -1.03. The van der Waals surface area contributed by atoms with Crippen molar-refractivity contribution in [2.75, 3.05) is 12.4 Å². The first-order chi connectivity index (χ1) is 13.4. The third-order valence-corrected chi connectivity index (χ3v) is 4.16. The molecule has 3 rings (SSSR count). The van der Waals surface area contributed by atoms with Crippen LogP contribution in [-0.2, 0) is 6.54 Å². The van der Waals surface area contributed by atoms with E-state index >= 15 is 0 Å². The first-order valence-corrected chi connectivity index (χ1v) is 8.37. The highest BCUT2D eigenvalue weighted by Gasteiger charge is 2.19. The summed E-state index contributed by atoms with van der Waals surface area (Å²) < 4.78 is 31.6. The molecule has 0 fully saturated rings. The van der Waals surface area contributed by atoms with Crippen LogP contribution < -0.4 is 5.32 Å². The lowest BCUT2D eigenvalue weighted by molar-refractivity contribution is 0.0612. The van der Waals surface area contributed by atoms with Gasteiger partial charge in [0.05, 0.1) is 12.8 Å². The molecule has 0 aliphatic heterocycles. The number of hydrogen-bond acceptors (Lipinski definition) is 4. The van der Waals surface area contributed by atoms with Crippen LogP contribution in [0.25, 0.3) is 0 Å². The van der Waals surface area contributed by atoms with Crippen molar-refractivity contribution in [1.82, 2.24) is 14.5 Å². The second-order valence-corrected chi connectivity index (χ2v) is 6.15. The number of nitrogens with zero attached hydrogens (tertiary/aromatic N) is 3. The van der Waals surface area contributed by atoms with Crippen molar-refractivity contribution in [2.45, 2.75) is 20.0 Å². The molecule has 2 aromatic heterocycles. The van der Waals surface area contributed by atoms with Crippen molar-refractivity contribution < 1.29 is 22.8 Å². The first kappa shape index (κ1) is 19.3. The summed E-state index contributed by atoms with van der Waals surface area (Å²) in [7, 11) is 1.49. The van der Waals surface area contributed by atoms with E-state index in [2.05, 4.69) is 10.3 Å². The van der Waals surface area contributed by atoms with E-state index in [1.165, 1.54) is 36.5 Å². The van der Waals surface area contributed by atoms with Gasteiger partial charge in [0.2, 0.25) is 0 Å². The van der Waals surface area contributed by atoms with E-state index in [9.17, 15) is 18.4 Å². The van der Waals surface area contributed by atoms with Gasteiger partial charge in [-0.05, 0) is 36.8 Å². The van der Waals surface area contributed by atoms with Crippen LogP contribution >= 0.6 is 0 Å². The normalized spacial score (nSPS) is 10.9. The van der Waals surface area contributed by atoms with Gasteiger partial charge in [0, 0.05) is 30.7 Å². The van der Waals surface area contributed by atoms with Crippen LogP contribution in [0.1, 0.15) is 38.9 Å². The van der Waals surface area contributed by atoms with Crippen LogP contribution in [0.5, 0.6) is 0 Å². The second-order valence-electron chi connectivity index (χ2n) is 6.15. The lowest BCUT2D eigenvalue weighted by atomic mass is 10.1. The maximum Gasteiger partial charge on any atom is 0.319 e. The molecule has 0 atom stereocenters. The predicted molar refractivity (Wildman–Crippen MR) is 97.1 cm³/mol. The van der Waals surface area contributed by atoms with E-state index in [0.29, 0.717) is 15.8 Å². The molecule has 0 spiro atoms. The maximum atomic E-state index is 12.9. The van der Waals surface area contributed by atoms with Gasteiger partial charge < -0.3 is 14.6 Å². The molecule has 0 unspecified atom stereocenters. The number of aromatic nitrogens is 2. The number of carbonyl (C=O) groups excluding carboxylic acids is 2. The number of amides is 2. The van der Waals surface area contributed by atoms with Crippen molar-refractivity contribution in [3.63, 3.8) is 0 Å². The molecule has 1 aromatic carbocycles. The van der Waals surface area contributed by atoms with Crippen molar-refractivity contribution in [3.05, 3.63) is 71.7 Å². The van der Waals surface area contributed by atoms with E-state index in [1.807, 2.05) is 0 Å². The zero-order valence-electron chi connectivity index (χ0n) is 15.2. The number of aryl methyl sites for hydroxylation is 1. The van der Waals surface area contributed by atoms with Crippen molar-refractivity contribution in [3.8, 4) is 0 Å². The Labute approximate surface area is 159 Å². The Kier molecular flexibility index (Phi) is 5.53. The van der Waals surface area contributed by atoms with Gasteiger partial charge in [0.25, 0.3) is 11.8 Å². The van der Waals surface area contributed by atoms with Crippen molar-refractivity contribution in [1.29, 1.82) is 0 Å². The molecule has 0 aliphatic rings. The van der Waals surface area contributed by atoms with Gasteiger partial charge in [-0.25, -0.2) is 4.98 Å². The number of carbonyl (C=O) groups is 2. The Balaban J connectivity index is 1.76. The summed E-state index contributed by atoms with van der Waals surface area (Å²) in [5.41, 5.74) is 1.51. The molecule has 2 amide bonds. The lowest BCUT2D eigenvalue weighted by Gasteiger charge is -2.18. The molecular formula is C19H18F2N4O3. The molecule has 0 radical (unpaired) electrons. The zero-order chi connectivity index (χ0) is 20.3. The summed E-state index contributed by atoms with van der Waals surface area (Å²) in [6, 6.07) is 7.96. The molecule has 0 saturated carbocycles. The first-order valence-electron chi connectivity index (χ1n) is 8.37. The fraction of sp³-hybridized carbons (Fsp3) is 0.211. The molecule has 7 nitrogen and oxygen atoms in total. The highest BCUT2D eigenvalue weighted by molar-refractivity contribution is 6.03. The molecule has 146 valence electrons. The van der Waals surface area contributed by atoms with Crippen LogP contribution in [0.15, 0.2) is 53.4 Å². The van der Waals surface area contributed by atoms with Gasteiger partial charge in [-0.15, -0.1) is 0 Å². The molecule has 28 heavy (non-hydrogen) atoms. The number of rotatable bonds is 6. The Morgan fingerprint density at radius 2 is 2.11 bits per heavy atom. The molecular weight excluding hydrogens is 370 g/mol. The number of imidazole rings is 1. The number of nitrogens with one attached hydrogen (secondary N) is 1. The van der Waals surface area contributed by atoms with Gasteiger partial charge in [-0.1, -0.05) is 6.07 Å². The highest BCUT2D eigenvalue weighted by Crippen LogP contribution is 2.20. The Bertz CT molecular complexity index is 983. The Morgan fingerprint density at radius 1 is 1.32 bits per heavy atom. The van der Waals surface area contributed by atoms with Crippen molar-refractivity contribution in [2.24, 2.45) is 0 Å². The molecule has 2 heterocycles. The molecule has 0 saturated heterocycles. The van der Waals surface area contributed by atoms with Crippen LogP contribution in [0.3, 0.4) is 0 Å². The fourth-order valence-electron chi connectivity index (χ4n) is 2.63. The van der Waals surface area contributed by atoms with Crippen molar-refractivity contribution >= 4 is 17.5 Å². The standard InChI is InChI=1S/C19H18F2N4O3/c1-12-5-6-13(10-14(12)23-17(26)15-4-3-9-28-15)18(27)24(2)11-16-22-7-8-25(16)19(20)21/h3-10,19H,11H2,1-2H3,(H,23,26). The van der Waals surface area contributed by atoms with E-state index < -0.39 is 18.4 Å². The molecule has 9 heteroatoms. The monoisotopic (exact) mass is 388 g/mol. The summed E-state index contributed by atoms with van der Waals surface area (Å²) >= 11 is 0. The van der Waals surface area contributed by atoms with Gasteiger partial charge >= 0.3 is 6.55 Å². The third kappa shape index (κ3) is 4.08. The maximum absolute atomic E-state index is 12.9.